The Hall–Kier alpha value is -4.91. The molecule has 1 aliphatic rings. The summed E-state index contributed by atoms with van der Waals surface area (Å²) in [5, 5.41) is 14.0. The third-order valence-corrected chi connectivity index (χ3v) is 6.51. The van der Waals surface area contributed by atoms with E-state index in [1.165, 1.54) is 12.1 Å². The van der Waals surface area contributed by atoms with Crippen molar-refractivity contribution in [3.8, 4) is 5.75 Å². The molecule has 0 aliphatic carbocycles. The molecule has 0 saturated heterocycles. The van der Waals surface area contributed by atoms with Gasteiger partial charge in [-0.15, -0.1) is 0 Å². The van der Waals surface area contributed by atoms with Gasteiger partial charge in [0, 0.05) is 46.3 Å². The zero-order valence-electron chi connectivity index (χ0n) is 18.4. The number of carbonyl (C=O) groups excluding carboxylic acids is 1. The highest BCUT2D eigenvalue weighted by Crippen LogP contribution is 2.47. The first-order valence-electron chi connectivity index (χ1n) is 11.1. The van der Waals surface area contributed by atoms with Crippen LogP contribution in [0.3, 0.4) is 0 Å². The summed E-state index contributed by atoms with van der Waals surface area (Å²) in [5.74, 6) is -0.264. The second-order valence-electron chi connectivity index (χ2n) is 8.44. The number of ether oxygens (including phenoxy) is 1. The molecule has 7 nitrogen and oxygen atoms in total. The average Bonchev–Trinajstić information content (AvgIpc) is 3.31. The number of aromatic amines is 1. The fraction of sp³-hybridized carbons (Fsp3) is 0.0357. The number of Topliss-reactive ketones (excluding diaryl/α,β-unsaturated/α-hetero) is 1. The molecular formula is C28H19N3O4. The first-order valence-corrected chi connectivity index (χ1v) is 11.1. The van der Waals surface area contributed by atoms with Gasteiger partial charge in [-0.1, -0.05) is 60.7 Å². The molecule has 0 bridgehead atoms. The molecule has 0 radical (unpaired) electrons. The van der Waals surface area contributed by atoms with Crippen molar-refractivity contribution in [2.45, 2.75) is 5.92 Å². The van der Waals surface area contributed by atoms with Gasteiger partial charge in [0.2, 0.25) is 0 Å². The third kappa shape index (κ3) is 3.25. The number of hydrogen-bond donors (Lipinski definition) is 2. The maximum Gasteiger partial charge on any atom is 0.269 e. The van der Waals surface area contributed by atoms with Crippen LogP contribution in [0.2, 0.25) is 0 Å². The highest BCUT2D eigenvalue weighted by atomic mass is 16.6. The summed E-state index contributed by atoms with van der Waals surface area (Å²) in [7, 11) is 0. The van der Waals surface area contributed by atoms with Gasteiger partial charge in [0.15, 0.2) is 11.7 Å². The standard InChI is InChI=1S/C28H19N3O4/c29-28-26(27(32)21-15-30-22-8-4-3-7-20(21)22)24(17-9-12-18(13-10-17)31(33)34)25-19-6-2-1-5-16(19)11-14-23(25)35-28/h1-15,24,30H,29H2. The van der Waals surface area contributed by atoms with E-state index in [1.807, 2.05) is 60.7 Å². The Morgan fingerprint density at radius 2 is 1.63 bits per heavy atom. The molecule has 7 heteroatoms. The molecule has 5 aromatic rings. The van der Waals surface area contributed by atoms with E-state index >= 15 is 0 Å². The summed E-state index contributed by atoms with van der Waals surface area (Å²) < 4.78 is 6.02. The van der Waals surface area contributed by atoms with E-state index in [-0.39, 0.29) is 17.4 Å². The monoisotopic (exact) mass is 461 g/mol. The molecule has 0 fully saturated rings. The predicted octanol–water partition coefficient (Wildman–Crippen LogP) is 5.81. The number of rotatable bonds is 4. The first-order chi connectivity index (χ1) is 17.0. The Morgan fingerprint density at radius 1 is 0.914 bits per heavy atom. The van der Waals surface area contributed by atoms with Crippen LogP contribution in [-0.4, -0.2) is 15.7 Å². The van der Waals surface area contributed by atoms with Gasteiger partial charge in [-0.2, -0.15) is 0 Å². The zero-order valence-corrected chi connectivity index (χ0v) is 18.4. The summed E-state index contributed by atoms with van der Waals surface area (Å²) in [5.41, 5.74) is 9.52. The Balaban J connectivity index is 1.60. The van der Waals surface area contributed by atoms with Crippen LogP contribution in [0, 0.1) is 10.1 Å². The lowest BCUT2D eigenvalue weighted by molar-refractivity contribution is -0.384. The van der Waals surface area contributed by atoms with Gasteiger partial charge < -0.3 is 15.5 Å². The van der Waals surface area contributed by atoms with Gasteiger partial charge in [0.25, 0.3) is 5.69 Å². The van der Waals surface area contributed by atoms with Crippen LogP contribution in [0.5, 0.6) is 5.75 Å². The molecule has 35 heavy (non-hydrogen) atoms. The Bertz CT molecular complexity index is 1680. The van der Waals surface area contributed by atoms with Gasteiger partial charge in [-0.3, -0.25) is 14.9 Å². The number of aromatic nitrogens is 1. The molecule has 0 amide bonds. The lowest BCUT2D eigenvalue weighted by atomic mass is 9.78. The highest BCUT2D eigenvalue weighted by Gasteiger charge is 2.37. The smallest absolute Gasteiger partial charge is 0.269 e. The number of benzene rings is 4. The molecule has 0 spiro atoms. The fourth-order valence-corrected chi connectivity index (χ4v) is 4.89. The number of H-pyrrole nitrogens is 1. The number of nitrogens with zero attached hydrogens (tertiary/aromatic N) is 1. The van der Waals surface area contributed by atoms with E-state index in [1.54, 1.807) is 18.3 Å². The van der Waals surface area contributed by atoms with Crippen LogP contribution in [0.25, 0.3) is 21.7 Å². The number of ketones is 1. The van der Waals surface area contributed by atoms with Gasteiger partial charge >= 0.3 is 0 Å². The van der Waals surface area contributed by atoms with E-state index in [0.717, 1.165) is 27.2 Å². The SMILES string of the molecule is NC1=C(C(=O)c2c[nH]c3ccccc23)C(c2ccc([N+](=O)[O-])cc2)c2c(ccc3ccccc23)O1. The van der Waals surface area contributed by atoms with Crippen LogP contribution in [0.1, 0.15) is 27.4 Å². The minimum Gasteiger partial charge on any atom is -0.441 e. The maximum absolute atomic E-state index is 14.0. The molecule has 2 heterocycles. The zero-order chi connectivity index (χ0) is 24.1. The van der Waals surface area contributed by atoms with Crippen molar-refractivity contribution in [3.63, 3.8) is 0 Å². The quantitative estimate of drug-likeness (QED) is 0.199. The predicted molar refractivity (Wildman–Crippen MR) is 133 cm³/mol. The van der Waals surface area contributed by atoms with E-state index in [9.17, 15) is 14.9 Å². The second-order valence-corrected chi connectivity index (χ2v) is 8.44. The number of nitrogens with one attached hydrogen (secondary N) is 1. The number of para-hydroxylation sites is 1. The lowest BCUT2D eigenvalue weighted by Gasteiger charge is -2.30. The molecular weight excluding hydrogens is 442 g/mol. The number of fused-ring (bicyclic) bond motifs is 4. The number of nitro groups is 1. The number of nitrogens with two attached hydrogens (primary N) is 1. The number of non-ortho nitro benzene ring substituents is 1. The van der Waals surface area contributed by atoms with Gasteiger partial charge in [-0.05, 0) is 28.5 Å². The van der Waals surface area contributed by atoms with Crippen LogP contribution in [0.4, 0.5) is 5.69 Å². The summed E-state index contributed by atoms with van der Waals surface area (Å²) >= 11 is 0. The van der Waals surface area contributed by atoms with Crippen molar-refractivity contribution < 1.29 is 14.5 Å². The summed E-state index contributed by atoms with van der Waals surface area (Å²) in [6.07, 6.45) is 1.68. The number of carbonyl (C=O) groups is 1. The number of allylic oxidation sites excluding steroid dienone is 1. The van der Waals surface area contributed by atoms with Crippen molar-refractivity contribution in [1.29, 1.82) is 0 Å². The molecule has 1 aromatic heterocycles. The average molecular weight is 461 g/mol. The van der Waals surface area contributed by atoms with E-state index in [2.05, 4.69) is 4.98 Å². The van der Waals surface area contributed by atoms with Gasteiger partial charge in [0.1, 0.15) is 5.75 Å². The van der Waals surface area contributed by atoms with Crippen molar-refractivity contribution in [1.82, 2.24) is 4.98 Å². The molecule has 1 unspecified atom stereocenters. The number of nitro benzene ring substituents is 1. The molecule has 0 saturated carbocycles. The Kier molecular flexibility index (Phi) is 4.64. The molecule has 1 atom stereocenters. The fourth-order valence-electron chi connectivity index (χ4n) is 4.89. The number of hydrogen-bond acceptors (Lipinski definition) is 5. The van der Waals surface area contributed by atoms with Crippen molar-refractivity contribution >= 4 is 33.1 Å². The maximum atomic E-state index is 14.0. The van der Waals surface area contributed by atoms with Gasteiger partial charge in [0.05, 0.1) is 10.5 Å². The molecule has 6 rings (SSSR count). The van der Waals surface area contributed by atoms with Crippen LogP contribution < -0.4 is 10.5 Å². The highest BCUT2D eigenvalue weighted by molar-refractivity contribution is 6.17. The summed E-state index contributed by atoms with van der Waals surface area (Å²) in [6.45, 7) is 0. The minimum atomic E-state index is -0.577. The third-order valence-electron chi connectivity index (χ3n) is 6.51. The molecule has 4 aromatic carbocycles. The molecule has 1 aliphatic heterocycles. The van der Waals surface area contributed by atoms with Crippen LogP contribution in [-0.2, 0) is 0 Å². The lowest BCUT2D eigenvalue weighted by Crippen LogP contribution is -2.26. The van der Waals surface area contributed by atoms with Crippen molar-refractivity contribution in [3.05, 3.63) is 129 Å². The normalized spacial score (nSPS) is 15.1. The minimum absolute atomic E-state index is 0.0198. The largest absolute Gasteiger partial charge is 0.441 e. The first kappa shape index (κ1) is 20.7. The van der Waals surface area contributed by atoms with E-state index < -0.39 is 10.8 Å². The molecule has 3 N–H and O–H groups in total. The summed E-state index contributed by atoms with van der Waals surface area (Å²) in [4.78, 5) is 28.0. The van der Waals surface area contributed by atoms with E-state index in [0.29, 0.717) is 22.4 Å². The van der Waals surface area contributed by atoms with Crippen LogP contribution in [0.15, 0.2) is 103 Å². The Morgan fingerprint density at radius 3 is 2.40 bits per heavy atom. The van der Waals surface area contributed by atoms with Crippen molar-refractivity contribution in [2.75, 3.05) is 0 Å². The van der Waals surface area contributed by atoms with Crippen LogP contribution >= 0.6 is 0 Å². The van der Waals surface area contributed by atoms with Crippen molar-refractivity contribution in [2.24, 2.45) is 5.73 Å². The summed E-state index contributed by atoms with van der Waals surface area (Å²) in [6, 6.07) is 25.4. The molecule has 170 valence electrons. The van der Waals surface area contributed by atoms with Gasteiger partial charge in [-0.25, -0.2) is 0 Å². The van der Waals surface area contributed by atoms with E-state index in [4.69, 9.17) is 10.5 Å². The Labute approximate surface area is 199 Å². The topological polar surface area (TPSA) is 111 Å². The second kappa shape index (κ2) is 7.85.